The molecule has 0 saturated carbocycles. The highest BCUT2D eigenvalue weighted by atomic mass is 14.1. The molecule has 0 rings (SSSR count). The van der Waals surface area contributed by atoms with Crippen LogP contribution in [0.25, 0.3) is 0 Å². The first-order valence-corrected chi connectivity index (χ1v) is 3.35. The van der Waals surface area contributed by atoms with E-state index in [1.807, 2.05) is 6.08 Å². The first-order chi connectivity index (χ1) is 4.06. The van der Waals surface area contributed by atoms with Crippen LogP contribution < -0.4 is 0 Å². The van der Waals surface area contributed by atoms with Crippen molar-refractivity contribution < 1.29 is 0 Å². The summed E-state index contributed by atoms with van der Waals surface area (Å²) in [6.45, 7) is 10.2. The maximum absolute atomic E-state index is 3.63. The third-order valence-electron chi connectivity index (χ3n) is 0.921. The molecule has 0 aromatic heterocycles. The number of rotatable bonds is 2. The van der Waals surface area contributed by atoms with Gasteiger partial charge in [0, 0.05) is 0 Å². The van der Waals surface area contributed by atoms with Gasteiger partial charge in [-0.1, -0.05) is 39.0 Å². The highest BCUT2D eigenvalue weighted by Gasteiger charge is 2.01. The molecular weight excluding hydrogens is 108 g/mol. The Morgan fingerprint density at radius 2 is 1.89 bits per heavy atom. The molecule has 0 amide bonds. The Bertz CT molecular complexity index is 102. The molecule has 0 radical (unpaired) electrons. The highest BCUT2D eigenvalue weighted by Crippen LogP contribution is 2.14. The molecule has 9 heavy (non-hydrogen) atoms. The Hall–Kier alpha value is -0.520. The monoisotopic (exact) mass is 124 g/mol. The molecule has 0 nitrogen and oxygen atoms in total. The first-order valence-electron chi connectivity index (χ1n) is 3.35. The van der Waals surface area contributed by atoms with E-state index in [1.165, 1.54) is 0 Å². The summed E-state index contributed by atoms with van der Waals surface area (Å²) in [4.78, 5) is 0. The maximum Gasteiger partial charge on any atom is -0.0172 e. The van der Waals surface area contributed by atoms with Crippen LogP contribution in [-0.2, 0) is 0 Å². The van der Waals surface area contributed by atoms with Crippen molar-refractivity contribution >= 4 is 0 Å². The van der Waals surface area contributed by atoms with Crippen LogP contribution >= 0.6 is 0 Å². The lowest BCUT2D eigenvalue weighted by Gasteiger charge is -2.10. The average Bonchev–Trinajstić information content (AvgIpc) is 1.63. The van der Waals surface area contributed by atoms with Gasteiger partial charge in [-0.2, -0.15) is 0 Å². The van der Waals surface area contributed by atoms with Gasteiger partial charge >= 0.3 is 0 Å². The molecule has 0 unspecified atom stereocenters. The summed E-state index contributed by atoms with van der Waals surface area (Å²) in [6, 6.07) is 0. The quantitative estimate of drug-likeness (QED) is 0.496. The molecular formula is C9H16. The number of allylic oxidation sites excluding steroid dienone is 3. The number of hydrogen-bond acceptors (Lipinski definition) is 0. The Balaban J connectivity index is 3.57. The van der Waals surface area contributed by atoms with Gasteiger partial charge in [-0.3, -0.25) is 0 Å². The largest absolute Gasteiger partial charge is 0.103 e. The molecule has 0 atom stereocenters. The van der Waals surface area contributed by atoms with Gasteiger partial charge in [0.1, 0.15) is 0 Å². The van der Waals surface area contributed by atoms with E-state index in [4.69, 9.17) is 0 Å². The molecule has 0 N–H and O–H groups in total. The van der Waals surface area contributed by atoms with Crippen LogP contribution in [-0.4, -0.2) is 0 Å². The summed E-state index contributed by atoms with van der Waals surface area (Å²) < 4.78 is 0. The summed E-state index contributed by atoms with van der Waals surface area (Å²) in [6.07, 6.45) is 7.24. The summed E-state index contributed by atoms with van der Waals surface area (Å²) in [5.74, 6) is 0. The summed E-state index contributed by atoms with van der Waals surface area (Å²) in [5, 5.41) is 0. The van der Waals surface area contributed by atoms with Crippen molar-refractivity contribution in [2.45, 2.75) is 27.2 Å². The molecule has 0 aromatic carbocycles. The van der Waals surface area contributed by atoms with E-state index in [0.717, 1.165) is 6.42 Å². The Labute approximate surface area is 58.3 Å². The Kier molecular flexibility index (Phi) is 3.29. The second-order valence-electron chi connectivity index (χ2n) is 3.29. The van der Waals surface area contributed by atoms with E-state index in [0.29, 0.717) is 5.41 Å². The van der Waals surface area contributed by atoms with Crippen LogP contribution in [0, 0.1) is 5.41 Å². The van der Waals surface area contributed by atoms with Crippen molar-refractivity contribution in [3.05, 3.63) is 24.8 Å². The van der Waals surface area contributed by atoms with Crippen LogP contribution in [0.3, 0.4) is 0 Å². The fraction of sp³-hybridized carbons (Fsp3) is 0.556. The lowest BCUT2D eigenvalue weighted by molar-refractivity contribution is 0.543. The maximum atomic E-state index is 3.63. The zero-order valence-electron chi connectivity index (χ0n) is 6.65. The third kappa shape index (κ3) is 7.48. The summed E-state index contributed by atoms with van der Waals surface area (Å²) in [7, 11) is 0. The zero-order chi connectivity index (χ0) is 7.33. The minimum atomic E-state index is 0.322. The fourth-order valence-electron chi connectivity index (χ4n) is 0.518. The third-order valence-corrected chi connectivity index (χ3v) is 0.921. The van der Waals surface area contributed by atoms with E-state index in [-0.39, 0.29) is 0 Å². The standard InChI is InChI=1S/C9H16/c1-5-6-7-8-9(2,3)4/h5,7-8H,1,6H2,2-4H3. The van der Waals surface area contributed by atoms with Crippen molar-refractivity contribution in [1.82, 2.24) is 0 Å². The van der Waals surface area contributed by atoms with E-state index in [2.05, 4.69) is 39.5 Å². The van der Waals surface area contributed by atoms with Crippen molar-refractivity contribution in [2.24, 2.45) is 5.41 Å². The second kappa shape index (κ2) is 3.49. The van der Waals surface area contributed by atoms with Gasteiger partial charge in [0.2, 0.25) is 0 Å². The van der Waals surface area contributed by atoms with Crippen LogP contribution in [0.5, 0.6) is 0 Å². The molecule has 0 spiro atoms. The molecule has 0 aliphatic rings. The van der Waals surface area contributed by atoms with Gasteiger partial charge < -0.3 is 0 Å². The van der Waals surface area contributed by atoms with Crippen LogP contribution in [0.2, 0.25) is 0 Å². The van der Waals surface area contributed by atoms with Gasteiger partial charge in [-0.05, 0) is 11.8 Å². The minimum absolute atomic E-state index is 0.322. The van der Waals surface area contributed by atoms with Gasteiger partial charge in [0.05, 0.1) is 0 Å². The average molecular weight is 124 g/mol. The molecule has 0 saturated heterocycles. The van der Waals surface area contributed by atoms with Crippen LogP contribution in [0.15, 0.2) is 24.8 Å². The van der Waals surface area contributed by atoms with Gasteiger partial charge in [0.25, 0.3) is 0 Å². The van der Waals surface area contributed by atoms with E-state index < -0.39 is 0 Å². The number of hydrogen-bond donors (Lipinski definition) is 0. The van der Waals surface area contributed by atoms with Crippen molar-refractivity contribution in [1.29, 1.82) is 0 Å². The van der Waals surface area contributed by atoms with Crippen molar-refractivity contribution in [2.75, 3.05) is 0 Å². The van der Waals surface area contributed by atoms with E-state index in [1.54, 1.807) is 0 Å². The Morgan fingerprint density at radius 3 is 2.22 bits per heavy atom. The molecule has 0 aliphatic carbocycles. The smallest absolute Gasteiger partial charge is 0.0172 e. The molecule has 0 aliphatic heterocycles. The molecule has 0 fully saturated rings. The van der Waals surface area contributed by atoms with Crippen LogP contribution in [0.1, 0.15) is 27.2 Å². The van der Waals surface area contributed by atoms with Gasteiger partial charge in [-0.15, -0.1) is 6.58 Å². The predicted octanol–water partition coefficient (Wildman–Crippen LogP) is 3.16. The molecule has 0 heterocycles. The minimum Gasteiger partial charge on any atom is -0.103 e. The summed E-state index contributed by atoms with van der Waals surface area (Å²) >= 11 is 0. The molecule has 0 heteroatoms. The Morgan fingerprint density at radius 1 is 1.33 bits per heavy atom. The topological polar surface area (TPSA) is 0 Å². The lowest BCUT2D eigenvalue weighted by atomic mass is 9.96. The summed E-state index contributed by atoms with van der Waals surface area (Å²) in [5.41, 5.74) is 0.322. The van der Waals surface area contributed by atoms with Crippen molar-refractivity contribution in [3.8, 4) is 0 Å². The fourth-order valence-corrected chi connectivity index (χ4v) is 0.518. The van der Waals surface area contributed by atoms with E-state index >= 15 is 0 Å². The molecule has 0 aromatic rings. The van der Waals surface area contributed by atoms with E-state index in [9.17, 15) is 0 Å². The predicted molar refractivity (Wildman–Crippen MR) is 43.4 cm³/mol. The van der Waals surface area contributed by atoms with Crippen molar-refractivity contribution in [3.63, 3.8) is 0 Å². The van der Waals surface area contributed by atoms with Crippen LogP contribution in [0.4, 0.5) is 0 Å². The second-order valence-corrected chi connectivity index (χ2v) is 3.29. The first kappa shape index (κ1) is 8.48. The highest BCUT2D eigenvalue weighted by molar-refractivity contribution is 4.95. The normalized spacial score (nSPS) is 12.3. The zero-order valence-corrected chi connectivity index (χ0v) is 6.65. The molecule has 52 valence electrons. The molecule has 0 bridgehead atoms. The SMILES string of the molecule is C=CCC=CC(C)(C)C. The van der Waals surface area contributed by atoms with Gasteiger partial charge in [0.15, 0.2) is 0 Å². The van der Waals surface area contributed by atoms with Gasteiger partial charge in [-0.25, -0.2) is 0 Å². The lowest BCUT2D eigenvalue weighted by Crippen LogP contribution is -1.97.